The van der Waals surface area contributed by atoms with E-state index in [1.54, 1.807) is 23.0 Å². The molecule has 2 heterocycles. The lowest BCUT2D eigenvalue weighted by Crippen LogP contribution is -2.12. The first-order valence-electron chi connectivity index (χ1n) is 10.9. The maximum absolute atomic E-state index is 12.7. The molecular formula is C26H25BrClN3O3. The summed E-state index contributed by atoms with van der Waals surface area (Å²) in [5, 5.41) is 7.92. The number of hydrogen-bond donors (Lipinski definition) is 1. The molecule has 6 nitrogen and oxygen atoms in total. The first-order valence-corrected chi connectivity index (χ1v) is 12.1. The molecule has 0 aliphatic rings. The molecule has 4 aromatic rings. The molecule has 0 saturated heterocycles. The Morgan fingerprint density at radius 2 is 1.94 bits per heavy atom. The van der Waals surface area contributed by atoms with Crippen molar-refractivity contribution in [3.8, 4) is 5.75 Å². The van der Waals surface area contributed by atoms with Crippen LogP contribution in [0.25, 0.3) is 0 Å². The van der Waals surface area contributed by atoms with Crippen LogP contribution < -0.4 is 10.1 Å². The third-order valence-corrected chi connectivity index (χ3v) is 6.09. The van der Waals surface area contributed by atoms with Gasteiger partial charge < -0.3 is 14.5 Å². The summed E-state index contributed by atoms with van der Waals surface area (Å²) in [5.41, 5.74) is 3.30. The van der Waals surface area contributed by atoms with Crippen LogP contribution in [0.3, 0.4) is 0 Å². The van der Waals surface area contributed by atoms with Gasteiger partial charge in [-0.05, 0) is 75.8 Å². The van der Waals surface area contributed by atoms with Crippen LogP contribution in [0.4, 0.5) is 5.82 Å². The van der Waals surface area contributed by atoms with Gasteiger partial charge in [0.05, 0.1) is 11.0 Å². The number of nitrogens with zero attached hydrogens (tertiary/aromatic N) is 2. The van der Waals surface area contributed by atoms with Gasteiger partial charge in [0.25, 0.3) is 5.91 Å². The van der Waals surface area contributed by atoms with E-state index >= 15 is 0 Å². The number of aryl methyl sites for hydroxylation is 1. The van der Waals surface area contributed by atoms with Gasteiger partial charge >= 0.3 is 0 Å². The second-order valence-electron chi connectivity index (χ2n) is 8.35. The Balaban J connectivity index is 1.39. The SMILES string of the molecule is Cc1ccc(C(C)C)c(OCc2ccc(C(=O)Nc3nn(Cc4ccc(Cl)cc4)cc3Br)o2)c1. The highest BCUT2D eigenvalue weighted by Gasteiger charge is 2.16. The molecule has 0 radical (unpaired) electrons. The van der Waals surface area contributed by atoms with Crippen LogP contribution >= 0.6 is 27.5 Å². The van der Waals surface area contributed by atoms with E-state index < -0.39 is 0 Å². The molecule has 34 heavy (non-hydrogen) atoms. The number of halogens is 2. The maximum atomic E-state index is 12.7. The number of furan rings is 1. The van der Waals surface area contributed by atoms with E-state index in [-0.39, 0.29) is 18.3 Å². The molecule has 2 aromatic carbocycles. The Morgan fingerprint density at radius 3 is 2.68 bits per heavy atom. The number of anilines is 1. The summed E-state index contributed by atoms with van der Waals surface area (Å²) >= 11 is 9.40. The molecule has 1 N–H and O–H groups in total. The summed E-state index contributed by atoms with van der Waals surface area (Å²) in [6.07, 6.45) is 1.81. The molecule has 0 fully saturated rings. The highest BCUT2D eigenvalue weighted by atomic mass is 79.9. The van der Waals surface area contributed by atoms with Gasteiger partial charge in [0.1, 0.15) is 18.1 Å². The summed E-state index contributed by atoms with van der Waals surface area (Å²) < 4.78 is 14.1. The molecule has 2 aromatic heterocycles. The quantitative estimate of drug-likeness (QED) is 0.255. The normalized spacial score (nSPS) is 11.1. The Hall–Kier alpha value is -3.03. The van der Waals surface area contributed by atoms with E-state index in [1.807, 2.05) is 37.3 Å². The predicted octanol–water partition coefficient (Wildman–Crippen LogP) is 7.20. The Bertz CT molecular complexity index is 1300. The lowest BCUT2D eigenvalue weighted by atomic mass is 10.0. The number of rotatable bonds is 8. The number of benzene rings is 2. The topological polar surface area (TPSA) is 69.3 Å². The van der Waals surface area contributed by atoms with E-state index in [9.17, 15) is 4.79 Å². The van der Waals surface area contributed by atoms with E-state index in [2.05, 4.69) is 52.3 Å². The summed E-state index contributed by atoms with van der Waals surface area (Å²) in [5.74, 6) is 1.94. The van der Waals surface area contributed by atoms with Gasteiger partial charge in [0.2, 0.25) is 0 Å². The monoisotopic (exact) mass is 541 g/mol. The third-order valence-electron chi connectivity index (χ3n) is 5.25. The summed E-state index contributed by atoms with van der Waals surface area (Å²) in [4.78, 5) is 12.7. The fourth-order valence-corrected chi connectivity index (χ4v) is 4.02. The summed E-state index contributed by atoms with van der Waals surface area (Å²) in [7, 11) is 0. The third kappa shape index (κ3) is 5.90. The van der Waals surface area contributed by atoms with Crippen molar-refractivity contribution in [1.82, 2.24) is 9.78 Å². The lowest BCUT2D eigenvalue weighted by Gasteiger charge is -2.14. The zero-order valence-electron chi connectivity index (χ0n) is 19.1. The van der Waals surface area contributed by atoms with Gasteiger partial charge in [0.15, 0.2) is 11.6 Å². The predicted molar refractivity (Wildman–Crippen MR) is 137 cm³/mol. The maximum Gasteiger partial charge on any atom is 0.292 e. The summed E-state index contributed by atoms with van der Waals surface area (Å²) in [6, 6.07) is 17.1. The van der Waals surface area contributed by atoms with Crippen molar-refractivity contribution in [3.05, 3.63) is 98.5 Å². The second kappa shape index (κ2) is 10.5. The van der Waals surface area contributed by atoms with Crippen molar-refractivity contribution in [2.45, 2.75) is 39.8 Å². The number of amides is 1. The van der Waals surface area contributed by atoms with Crippen molar-refractivity contribution in [2.24, 2.45) is 0 Å². The smallest absolute Gasteiger partial charge is 0.292 e. The van der Waals surface area contributed by atoms with Gasteiger partial charge in [-0.25, -0.2) is 0 Å². The van der Waals surface area contributed by atoms with Crippen LogP contribution in [-0.2, 0) is 13.2 Å². The number of carbonyl (C=O) groups is 1. The number of hydrogen-bond acceptors (Lipinski definition) is 4. The number of ether oxygens (including phenoxy) is 1. The van der Waals surface area contributed by atoms with Gasteiger partial charge in [-0.2, -0.15) is 5.10 Å². The minimum atomic E-state index is -0.387. The van der Waals surface area contributed by atoms with E-state index in [0.29, 0.717) is 33.5 Å². The molecule has 8 heteroatoms. The van der Waals surface area contributed by atoms with E-state index in [1.165, 1.54) is 0 Å². The molecule has 4 rings (SSSR count). The average molecular weight is 543 g/mol. The fraction of sp³-hybridized carbons (Fsp3) is 0.231. The molecule has 1 amide bonds. The molecule has 0 saturated carbocycles. The number of carbonyl (C=O) groups excluding carboxylic acids is 1. The standard InChI is InChI=1S/C26H25BrClN3O3/c1-16(2)21-10-4-17(3)12-24(21)33-15-20-9-11-23(34-20)26(32)29-25-22(27)14-31(30-25)13-18-5-7-19(28)8-6-18/h4-12,14,16H,13,15H2,1-3H3,(H,29,30,32). The van der Waals surface area contributed by atoms with Crippen LogP contribution in [0, 0.1) is 6.92 Å². The number of aromatic nitrogens is 2. The van der Waals surface area contributed by atoms with Gasteiger partial charge in [-0.3, -0.25) is 9.48 Å². The molecule has 0 unspecified atom stereocenters. The number of nitrogens with one attached hydrogen (secondary N) is 1. The van der Waals surface area contributed by atoms with Crippen LogP contribution in [0.15, 0.2) is 69.7 Å². The zero-order chi connectivity index (χ0) is 24.2. The minimum Gasteiger partial charge on any atom is -0.485 e. The molecule has 0 atom stereocenters. The van der Waals surface area contributed by atoms with Crippen molar-refractivity contribution in [3.63, 3.8) is 0 Å². The molecular weight excluding hydrogens is 518 g/mol. The molecule has 176 valence electrons. The van der Waals surface area contributed by atoms with Crippen molar-refractivity contribution in [1.29, 1.82) is 0 Å². The van der Waals surface area contributed by atoms with Crippen LogP contribution in [0.1, 0.15) is 52.8 Å². The zero-order valence-corrected chi connectivity index (χ0v) is 21.5. The van der Waals surface area contributed by atoms with Crippen LogP contribution in [0.2, 0.25) is 5.02 Å². The molecule has 0 aliphatic heterocycles. The minimum absolute atomic E-state index is 0.186. The van der Waals surface area contributed by atoms with Crippen LogP contribution in [0.5, 0.6) is 5.75 Å². The first-order chi connectivity index (χ1) is 16.3. The highest BCUT2D eigenvalue weighted by molar-refractivity contribution is 9.10. The molecule has 0 bridgehead atoms. The average Bonchev–Trinajstić information content (AvgIpc) is 3.40. The van der Waals surface area contributed by atoms with Crippen molar-refractivity contribution in [2.75, 3.05) is 5.32 Å². The molecule has 0 aliphatic carbocycles. The Kier molecular flexibility index (Phi) is 7.44. The fourth-order valence-electron chi connectivity index (χ4n) is 3.48. The van der Waals surface area contributed by atoms with Crippen LogP contribution in [-0.4, -0.2) is 15.7 Å². The van der Waals surface area contributed by atoms with E-state index in [0.717, 1.165) is 22.4 Å². The van der Waals surface area contributed by atoms with Gasteiger partial charge in [-0.15, -0.1) is 0 Å². The van der Waals surface area contributed by atoms with Gasteiger partial charge in [0, 0.05) is 11.2 Å². The lowest BCUT2D eigenvalue weighted by molar-refractivity contribution is 0.0992. The highest BCUT2D eigenvalue weighted by Crippen LogP contribution is 2.28. The largest absolute Gasteiger partial charge is 0.485 e. The van der Waals surface area contributed by atoms with E-state index in [4.69, 9.17) is 20.8 Å². The second-order valence-corrected chi connectivity index (χ2v) is 9.65. The molecule has 0 spiro atoms. The summed E-state index contributed by atoms with van der Waals surface area (Å²) in [6.45, 7) is 7.06. The van der Waals surface area contributed by atoms with Crippen molar-refractivity contribution >= 4 is 39.3 Å². The first kappa shape index (κ1) is 24.1. The Labute approximate surface area is 212 Å². The van der Waals surface area contributed by atoms with Gasteiger partial charge in [-0.1, -0.05) is 49.7 Å². The Morgan fingerprint density at radius 1 is 1.18 bits per heavy atom. The van der Waals surface area contributed by atoms with Crippen molar-refractivity contribution < 1.29 is 13.9 Å².